The SMILES string of the molecule is O[C@@H]1O[C@H](COCc2ccccc2)[C@H](OCc2ccccc2)[C@@H]1OCc1ccccc1. The molecule has 1 heterocycles. The van der Waals surface area contributed by atoms with E-state index in [2.05, 4.69) is 0 Å². The Morgan fingerprint density at radius 2 is 1.06 bits per heavy atom. The predicted molar refractivity (Wildman–Crippen MR) is 117 cm³/mol. The van der Waals surface area contributed by atoms with Crippen molar-refractivity contribution in [1.29, 1.82) is 0 Å². The van der Waals surface area contributed by atoms with E-state index in [9.17, 15) is 5.11 Å². The zero-order chi connectivity index (χ0) is 21.3. The first-order valence-corrected chi connectivity index (χ1v) is 10.6. The largest absolute Gasteiger partial charge is 0.374 e. The highest BCUT2D eigenvalue weighted by Crippen LogP contribution is 2.28. The zero-order valence-electron chi connectivity index (χ0n) is 17.4. The quantitative estimate of drug-likeness (QED) is 0.535. The van der Waals surface area contributed by atoms with Gasteiger partial charge < -0.3 is 24.1 Å². The average molecular weight is 421 g/mol. The molecule has 0 bridgehead atoms. The van der Waals surface area contributed by atoms with E-state index in [0.717, 1.165) is 16.7 Å². The minimum atomic E-state index is -1.07. The van der Waals surface area contributed by atoms with E-state index in [0.29, 0.717) is 26.4 Å². The van der Waals surface area contributed by atoms with Crippen LogP contribution < -0.4 is 0 Å². The van der Waals surface area contributed by atoms with Gasteiger partial charge in [0.2, 0.25) is 0 Å². The van der Waals surface area contributed by atoms with Crippen LogP contribution in [0.4, 0.5) is 0 Å². The first kappa shape index (κ1) is 21.7. The Balaban J connectivity index is 1.39. The topological polar surface area (TPSA) is 57.2 Å². The second kappa shape index (κ2) is 11.2. The van der Waals surface area contributed by atoms with Gasteiger partial charge in [-0.05, 0) is 16.7 Å². The van der Waals surface area contributed by atoms with Crippen LogP contribution in [0.1, 0.15) is 16.7 Å². The van der Waals surface area contributed by atoms with Gasteiger partial charge in [0.1, 0.15) is 18.3 Å². The second-order valence-electron chi connectivity index (χ2n) is 7.59. The zero-order valence-corrected chi connectivity index (χ0v) is 17.4. The molecule has 0 spiro atoms. The van der Waals surface area contributed by atoms with E-state index in [1.807, 2.05) is 91.0 Å². The highest BCUT2D eigenvalue weighted by Gasteiger charge is 2.45. The van der Waals surface area contributed by atoms with E-state index in [4.69, 9.17) is 18.9 Å². The summed E-state index contributed by atoms with van der Waals surface area (Å²) in [4.78, 5) is 0. The number of benzene rings is 3. The van der Waals surface area contributed by atoms with Crippen LogP contribution in [0.25, 0.3) is 0 Å². The van der Waals surface area contributed by atoms with Crippen LogP contribution in [-0.4, -0.2) is 36.3 Å². The van der Waals surface area contributed by atoms with Crippen molar-refractivity contribution in [3.63, 3.8) is 0 Å². The van der Waals surface area contributed by atoms with Crippen LogP contribution in [0.15, 0.2) is 91.0 Å². The lowest BCUT2D eigenvalue weighted by Gasteiger charge is -2.24. The Morgan fingerprint density at radius 1 is 0.613 bits per heavy atom. The molecule has 0 radical (unpaired) electrons. The molecule has 162 valence electrons. The van der Waals surface area contributed by atoms with Gasteiger partial charge in [0.15, 0.2) is 6.29 Å². The van der Waals surface area contributed by atoms with Crippen molar-refractivity contribution in [2.45, 2.75) is 44.4 Å². The fourth-order valence-electron chi connectivity index (χ4n) is 3.62. The molecule has 0 aliphatic carbocycles. The van der Waals surface area contributed by atoms with E-state index in [-0.39, 0.29) is 0 Å². The van der Waals surface area contributed by atoms with Crippen molar-refractivity contribution >= 4 is 0 Å². The van der Waals surface area contributed by atoms with Gasteiger partial charge in [0.25, 0.3) is 0 Å². The third-order valence-electron chi connectivity index (χ3n) is 5.25. The van der Waals surface area contributed by atoms with Gasteiger partial charge in [-0.1, -0.05) is 91.0 Å². The highest BCUT2D eigenvalue weighted by atomic mass is 16.7. The molecule has 0 aromatic heterocycles. The molecule has 3 aromatic carbocycles. The van der Waals surface area contributed by atoms with Crippen molar-refractivity contribution in [1.82, 2.24) is 0 Å². The molecule has 1 N–H and O–H groups in total. The Morgan fingerprint density at radius 3 is 1.58 bits per heavy atom. The van der Waals surface area contributed by atoms with Crippen molar-refractivity contribution < 1.29 is 24.1 Å². The van der Waals surface area contributed by atoms with E-state index >= 15 is 0 Å². The summed E-state index contributed by atoms with van der Waals surface area (Å²) in [5.41, 5.74) is 3.16. The molecule has 31 heavy (non-hydrogen) atoms. The Kier molecular flexibility index (Phi) is 7.82. The summed E-state index contributed by atoms with van der Waals surface area (Å²) in [7, 11) is 0. The average Bonchev–Trinajstić information content (AvgIpc) is 3.12. The third-order valence-corrected chi connectivity index (χ3v) is 5.25. The minimum Gasteiger partial charge on any atom is -0.374 e. The van der Waals surface area contributed by atoms with Crippen LogP contribution in [0.5, 0.6) is 0 Å². The Labute approximate surface area is 183 Å². The van der Waals surface area contributed by atoms with Gasteiger partial charge in [-0.3, -0.25) is 0 Å². The molecule has 0 unspecified atom stereocenters. The van der Waals surface area contributed by atoms with Crippen LogP contribution in [0, 0.1) is 0 Å². The molecule has 0 amide bonds. The number of aliphatic hydroxyl groups is 1. The maximum absolute atomic E-state index is 10.5. The molecule has 4 atom stereocenters. The summed E-state index contributed by atoms with van der Waals surface area (Å²) in [5, 5.41) is 10.5. The number of rotatable bonds is 10. The molecular formula is C26H28O5. The van der Waals surface area contributed by atoms with Crippen LogP contribution in [0.2, 0.25) is 0 Å². The first-order valence-electron chi connectivity index (χ1n) is 10.6. The maximum Gasteiger partial charge on any atom is 0.184 e. The number of hydrogen-bond acceptors (Lipinski definition) is 5. The smallest absolute Gasteiger partial charge is 0.184 e. The molecule has 3 aromatic rings. The monoisotopic (exact) mass is 420 g/mol. The fourth-order valence-corrected chi connectivity index (χ4v) is 3.62. The van der Waals surface area contributed by atoms with Crippen molar-refractivity contribution in [2.24, 2.45) is 0 Å². The maximum atomic E-state index is 10.5. The number of hydrogen-bond donors (Lipinski definition) is 1. The normalized spacial score (nSPS) is 23.1. The predicted octanol–water partition coefficient (Wildman–Crippen LogP) is 4.09. The lowest BCUT2D eigenvalue weighted by atomic mass is 10.1. The molecule has 1 saturated heterocycles. The van der Waals surface area contributed by atoms with Crippen molar-refractivity contribution in [2.75, 3.05) is 6.61 Å². The molecule has 1 aliphatic heterocycles. The van der Waals surface area contributed by atoms with Crippen LogP contribution in [-0.2, 0) is 38.8 Å². The van der Waals surface area contributed by atoms with Crippen molar-refractivity contribution in [3.05, 3.63) is 108 Å². The molecule has 5 heteroatoms. The second-order valence-corrected chi connectivity index (χ2v) is 7.59. The Hall–Kier alpha value is -2.54. The Bertz CT molecular complexity index is 887. The molecule has 4 rings (SSSR count). The van der Waals surface area contributed by atoms with E-state index in [1.165, 1.54) is 0 Å². The summed E-state index contributed by atoms with van der Waals surface area (Å²) < 4.78 is 23.9. The first-order chi connectivity index (χ1) is 15.3. The third kappa shape index (κ3) is 6.23. The lowest BCUT2D eigenvalue weighted by Crippen LogP contribution is -2.39. The van der Waals surface area contributed by atoms with Gasteiger partial charge in [-0.15, -0.1) is 0 Å². The summed E-state index contributed by atoms with van der Waals surface area (Å²) in [6, 6.07) is 29.8. The van der Waals surface area contributed by atoms with E-state index < -0.39 is 24.6 Å². The molecule has 5 nitrogen and oxygen atoms in total. The van der Waals surface area contributed by atoms with Crippen LogP contribution in [0.3, 0.4) is 0 Å². The van der Waals surface area contributed by atoms with Gasteiger partial charge in [0, 0.05) is 0 Å². The van der Waals surface area contributed by atoms with Crippen LogP contribution >= 0.6 is 0 Å². The number of ether oxygens (including phenoxy) is 4. The van der Waals surface area contributed by atoms with Gasteiger partial charge in [-0.25, -0.2) is 0 Å². The molecule has 1 aliphatic rings. The minimum absolute atomic E-state index is 0.302. The van der Waals surface area contributed by atoms with Crippen molar-refractivity contribution in [3.8, 4) is 0 Å². The van der Waals surface area contributed by atoms with Gasteiger partial charge in [-0.2, -0.15) is 0 Å². The lowest BCUT2D eigenvalue weighted by molar-refractivity contribution is -0.153. The summed E-state index contributed by atoms with van der Waals surface area (Å²) in [6.45, 7) is 1.55. The number of aliphatic hydroxyl groups excluding tert-OH is 1. The highest BCUT2D eigenvalue weighted by molar-refractivity contribution is 5.15. The summed E-state index contributed by atoms with van der Waals surface area (Å²) in [5.74, 6) is 0. The molecule has 1 fully saturated rings. The van der Waals surface area contributed by atoms with Gasteiger partial charge in [0.05, 0.1) is 26.4 Å². The van der Waals surface area contributed by atoms with Gasteiger partial charge >= 0.3 is 0 Å². The molecule has 0 saturated carbocycles. The molecular weight excluding hydrogens is 392 g/mol. The summed E-state index contributed by atoms with van der Waals surface area (Å²) >= 11 is 0. The standard InChI is InChI=1S/C26H28O5/c27-26-25(30-18-22-14-8-3-9-15-22)24(29-17-21-12-6-2-7-13-21)23(31-26)19-28-16-20-10-4-1-5-11-20/h1-15,23-27H,16-19H2/t23-,24+,25+,26-/m1/s1. The fraction of sp³-hybridized carbons (Fsp3) is 0.308. The summed E-state index contributed by atoms with van der Waals surface area (Å²) in [6.07, 6.45) is -2.55. The van der Waals surface area contributed by atoms with E-state index in [1.54, 1.807) is 0 Å².